The molecule has 1 heterocycles. The maximum absolute atomic E-state index is 10.2. The molecule has 0 fully saturated rings. The van der Waals surface area contributed by atoms with Gasteiger partial charge in [-0.2, -0.15) is 0 Å². The van der Waals surface area contributed by atoms with Crippen molar-refractivity contribution in [3.05, 3.63) is 11.1 Å². The first kappa shape index (κ1) is 4.59. The summed E-state index contributed by atoms with van der Waals surface area (Å²) in [6, 6.07) is 0. The second-order valence-electron chi connectivity index (χ2n) is 1.15. The molecule has 0 unspecified atom stereocenters. The lowest BCUT2D eigenvalue weighted by molar-refractivity contribution is -0.268. The third-order valence-electron chi connectivity index (χ3n) is 0.545. The van der Waals surface area contributed by atoms with Crippen molar-refractivity contribution in [2.45, 2.75) is 6.92 Å². The second-order valence-corrected chi connectivity index (χ2v) is 2.31. The molecule has 7 heavy (non-hydrogen) atoms. The van der Waals surface area contributed by atoms with Crippen LogP contribution in [0.5, 0.6) is 5.19 Å². The van der Waals surface area contributed by atoms with Gasteiger partial charge in [0.1, 0.15) is 0 Å². The third-order valence-corrected chi connectivity index (χ3v) is 1.21. The third kappa shape index (κ3) is 0.899. The Bertz CT molecular complexity index is 144. The summed E-state index contributed by atoms with van der Waals surface area (Å²) in [6.45, 7) is 1.80. The summed E-state index contributed by atoms with van der Waals surface area (Å²) in [6.07, 6.45) is 2.52. The molecule has 0 aromatic carbocycles. The van der Waals surface area contributed by atoms with Crippen LogP contribution in [-0.4, -0.2) is 4.98 Å². The number of nitrogens with zero attached hydrogens (tertiary/aromatic N) is 1. The van der Waals surface area contributed by atoms with Gasteiger partial charge in [-0.15, -0.1) is 11.4 Å². The first-order chi connectivity index (χ1) is 3.29. The molecule has 0 saturated heterocycles. The molecule has 0 aliphatic carbocycles. The van der Waals surface area contributed by atoms with E-state index in [0.717, 1.165) is 16.2 Å². The number of rotatable bonds is 0. The van der Waals surface area contributed by atoms with Gasteiger partial charge in [-0.25, -0.2) is 0 Å². The van der Waals surface area contributed by atoms with Crippen LogP contribution < -0.4 is 5.11 Å². The van der Waals surface area contributed by atoms with Crippen LogP contribution in [0.25, 0.3) is 0 Å². The first-order valence-electron chi connectivity index (χ1n) is 1.81. The van der Waals surface area contributed by atoms with Crippen LogP contribution >= 0.6 is 11.3 Å². The zero-order chi connectivity index (χ0) is 5.28. The SMILES string of the molecule is Cc1[c-]nc([O-])s1. The zero-order valence-electron chi connectivity index (χ0n) is 3.76. The Hall–Kier alpha value is -0.570. The van der Waals surface area contributed by atoms with Gasteiger partial charge >= 0.3 is 0 Å². The van der Waals surface area contributed by atoms with Gasteiger partial charge in [0, 0.05) is 0 Å². The normalized spacial score (nSPS) is 9.29. The molecule has 2 nitrogen and oxygen atoms in total. The lowest BCUT2D eigenvalue weighted by Crippen LogP contribution is -1.84. The van der Waals surface area contributed by atoms with E-state index in [0.29, 0.717) is 0 Å². The van der Waals surface area contributed by atoms with Crippen molar-refractivity contribution in [1.82, 2.24) is 4.98 Å². The monoisotopic (exact) mass is 113 g/mol. The molecule has 3 heteroatoms. The number of aryl methyl sites for hydroxylation is 1. The van der Waals surface area contributed by atoms with E-state index in [-0.39, 0.29) is 5.19 Å². The quantitative estimate of drug-likeness (QED) is 0.454. The minimum Gasteiger partial charge on any atom is -0.934 e. The maximum Gasteiger partial charge on any atom is -0.0483 e. The van der Waals surface area contributed by atoms with Gasteiger partial charge in [-0.3, -0.25) is 11.3 Å². The molecule has 0 radical (unpaired) electrons. The summed E-state index contributed by atoms with van der Waals surface area (Å²) in [5, 5.41) is 10.0. The summed E-state index contributed by atoms with van der Waals surface area (Å²) in [5.74, 6) is 0. The van der Waals surface area contributed by atoms with Gasteiger partial charge < -0.3 is 10.1 Å². The molecule has 0 aliphatic heterocycles. The Labute approximate surface area is 45.5 Å². The highest BCUT2D eigenvalue weighted by atomic mass is 32.1. The fourth-order valence-corrected chi connectivity index (χ4v) is 0.745. The van der Waals surface area contributed by atoms with Gasteiger partial charge in [-0.05, 0) is 6.92 Å². The molecule has 0 bridgehead atoms. The van der Waals surface area contributed by atoms with Crippen molar-refractivity contribution < 1.29 is 5.11 Å². The molecular weight excluding hydrogens is 110 g/mol. The molecule has 0 N–H and O–H groups in total. The van der Waals surface area contributed by atoms with Gasteiger partial charge in [-0.1, -0.05) is 4.88 Å². The molecule has 1 aromatic rings. The average Bonchev–Trinajstić information content (AvgIpc) is 1.87. The van der Waals surface area contributed by atoms with Crippen molar-refractivity contribution in [3.8, 4) is 5.19 Å². The Balaban J connectivity index is 3.04. The fraction of sp³-hybridized carbons (Fsp3) is 0.250. The number of thiazole rings is 1. The molecule has 0 spiro atoms. The minimum atomic E-state index is -0.155. The maximum atomic E-state index is 10.2. The first-order valence-corrected chi connectivity index (χ1v) is 2.63. The second kappa shape index (κ2) is 1.50. The summed E-state index contributed by atoms with van der Waals surface area (Å²) in [5.41, 5.74) is 0. The van der Waals surface area contributed by atoms with Crippen LogP contribution in [0.1, 0.15) is 4.88 Å². The fourth-order valence-electron chi connectivity index (χ4n) is 0.301. The van der Waals surface area contributed by atoms with Crippen LogP contribution in [-0.2, 0) is 0 Å². The highest BCUT2D eigenvalue weighted by Gasteiger charge is 1.67. The van der Waals surface area contributed by atoms with Crippen molar-refractivity contribution in [2.75, 3.05) is 0 Å². The van der Waals surface area contributed by atoms with Crippen molar-refractivity contribution >= 4 is 11.3 Å². The zero-order valence-corrected chi connectivity index (χ0v) is 4.58. The minimum absolute atomic E-state index is 0.155. The van der Waals surface area contributed by atoms with E-state index in [1.807, 2.05) is 0 Å². The predicted molar refractivity (Wildman–Crippen MR) is 25.1 cm³/mol. The number of hydrogen-bond acceptors (Lipinski definition) is 3. The van der Waals surface area contributed by atoms with E-state index < -0.39 is 0 Å². The van der Waals surface area contributed by atoms with E-state index in [9.17, 15) is 5.11 Å². The summed E-state index contributed by atoms with van der Waals surface area (Å²) >= 11 is 1.12. The largest absolute Gasteiger partial charge is 0.934 e. The molecule has 0 saturated carbocycles. The lowest BCUT2D eigenvalue weighted by Gasteiger charge is -2.02. The van der Waals surface area contributed by atoms with Gasteiger partial charge in [0.15, 0.2) is 0 Å². The molecule has 38 valence electrons. The highest BCUT2D eigenvalue weighted by molar-refractivity contribution is 7.13. The highest BCUT2D eigenvalue weighted by Crippen LogP contribution is 2.12. The van der Waals surface area contributed by atoms with Crippen LogP contribution in [0.2, 0.25) is 0 Å². The van der Waals surface area contributed by atoms with Gasteiger partial charge in [0.2, 0.25) is 0 Å². The van der Waals surface area contributed by atoms with Crippen LogP contribution in [0.15, 0.2) is 0 Å². The summed E-state index contributed by atoms with van der Waals surface area (Å²) < 4.78 is 0. The van der Waals surface area contributed by atoms with Crippen molar-refractivity contribution in [3.63, 3.8) is 0 Å². The van der Waals surface area contributed by atoms with E-state index in [2.05, 4.69) is 11.2 Å². The van der Waals surface area contributed by atoms with Gasteiger partial charge in [0.05, 0.1) is 0 Å². The average molecular weight is 113 g/mol. The summed E-state index contributed by atoms with van der Waals surface area (Å²) in [4.78, 5) is 4.21. The number of hydrogen-bond donors (Lipinski definition) is 0. The topological polar surface area (TPSA) is 36.0 Å². The molecule has 0 amide bonds. The Morgan fingerprint density at radius 2 is 2.57 bits per heavy atom. The van der Waals surface area contributed by atoms with Gasteiger partial charge in [0.25, 0.3) is 0 Å². The van der Waals surface area contributed by atoms with E-state index in [1.165, 1.54) is 0 Å². The summed E-state index contributed by atoms with van der Waals surface area (Å²) in [7, 11) is 0. The molecule has 0 aliphatic rings. The smallest absolute Gasteiger partial charge is 0.0483 e. The van der Waals surface area contributed by atoms with Crippen LogP contribution in [0, 0.1) is 13.1 Å². The van der Waals surface area contributed by atoms with E-state index >= 15 is 0 Å². The van der Waals surface area contributed by atoms with E-state index in [4.69, 9.17) is 0 Å². The Morgan fingerprint density at radius 3 is 2.71 bits per heavy atom. The standard InChI is InChI=1S/C4H4NOS/c1-3-2-5-4(6)7-3/h1H3,(H,5,6)/q-1/p-1. The molecular formula is C4H3NOS-2. The molecule has 1 aromatic heterocycles. The van der Waals surface area contributed by atoms with Crippen LogP contribution in [0.4, 0.5) is 0 Å². The van der Waals surface area contributed by atoms with Crippen molar-refractivity contribution in [2.24, 2.45) is 0 Å². The number of aromatic nitrogens is 1. The molecule has 1 rings (SSSR count). The Morgan fingerprint density at radius 1 is 1.86 bits per heavy atom. The van der Waals surface area contributed by atoms with E-state index in [1.54, 1.807) is 6.92 Å². The van der Waals surface area contributed by atoms with Crippen molar-refractivity contribution in [1.29, 1.82) is 0 Å². The molecule has 0 atom stereocenters. The van der Waals surface area contributed by atoms with Crippen LogP contribution in [0.3, 0.4) is 0 Å². The predicted octanol–water partition coefficient (Wildman–Crippen LogP) is 0.325. The lowest BCUT2D eigenvalue weighted by atomic mass is 10.7. The Kier molecular flexibility index (Phi) is 0.982.